The van der Waals surface area contributed by atoms with Gasteiger partial charge >= 0.3 is 0 Å². The SMILES string of the molecule is CC(C)OCCNc1ncnc(NN)c1C(C)C. The molecule has 0 aliphatic heterocycles. The molecule has 0 amide bonds. The first-order chi connectivity index (χ1) is 8.56. The van der Waals surface area contributed by atoms with Crippen molar-refractivity contribution in [1.29, 1.82) is 0 Å². The van der Waals surface area contributed by atoms with Crippen LogP contribution in [0.1, 0.15) is 39.2 Å². The molecule has 1 aromatic rings. The third kappa shape index (κ3) is 4.12. The lowest BCUT2D eigenvalue weighted by Crippen LogP contribution is -2.18. The summed E-state index contributed by atoms with van der Waals surface area (Å²) >= 11 is 0. The minimum absolute atomic E-state index is 0.239. The van der Waals surface area contributed by atoms with Gasteiger partial charge in [0.1, 0.15) is 18.0 Å². The maximum absolute atomic E-state index is 5.47. The van der Waals surface area contributed by atoms with E-state index in [1.165, 1.54) is 6.33 Å². The Morgan fingerprint density at radius 1 is 1.22 bits per heavy atom. The first-order valence-electron chi connectivity index (χ1n) is 6.23. The van der Waals surface area contributed by atoms with Crippen LogP contribution in [0.15, 0.2) is 6.33 Å². The fourth-order valence-electron chi connectivity index (χ4n) is 1.66. The van der Waals surface area contributed by atoms with Gasteiger partial charge in [0.15, 0.2) is 0 Å². The number of nitrogens with zero attached hydrogens (tertiary/aromatic N) is 2. The van der Waals surface area contributed by atoms with Crippen molar-refractivity contribution in [3.05, 3.63) is 11.9 Å². The van der Waals surface area contributed by atoms with Gasteiger partial charge in [-0.1, -0.05) is 13.8 Å². The molecule has 102 valence electrons. The van der Waals surface area contributed by atoms with E-state index in [0.29, 0.717) is 19.0 Å². The molecule has 0 aromatic carbocycles. The van der Waals surface area contributed by atoms with Gasteiger partial charge in [-0.25, -0.2) is 15.8 Å². The largest absolute Gasteiger partial charge is 0.377 e. The van der Waals surface area contributed by atoms with Crippen molar-refractivity contribution < 1.29 is 4.74 Å². The van der Waals surface area contributed by atoms with Crippen LogP contribution < -0.4 is 16.6 Å². The summed E-state index contributed by atoms with van der Waals surface area (Å²) in [7, 11) is 0. The van der Waals surface area contributed by atoms with Gasteiger partial charge in [-0.2, -0.15) is 0 Å². The van der Waals surface area contributed by atoms with Crippen LogP contribution in [0.2, 0.25) is 0 Å². The van der Waals surface area contributed by atoms with Gasteiger partial charge in [0.2, 0.25) is 0 Å². The van der Waals surface area contributed by atoms with Gasteiger partial charge in [0, 0.05) is 12.1 Å². The van der Waals surface area contributed by atoms with Gasteiger partial charge in [-0.15, -0.1) is 0 Å². The summed E-state index contributed by atoms with van der Waals surface area (Å²) in [6.45, 7) is 9.54. The van der Waals surface area contributed by atoms with Crippen molar-refractivity contribution in [3.63, 3.8) is 0 Å². The number of nitrogens with two attached hydrogens (primary N) is 1. The number of anilines is 2. The quantitative estimate of drug-likeness (QED) is 0.390. The molecule has 4 N–H and O–H groups in total. The predicted molar refractivity (Wildman–Crippen MR) is 73.5 cm³/mol. The third-order valence-corrected chi connectivity index (χ3v) is 2.44. The molecule has 0 saturated heterocycles. The maximum Gasteiger partial charge on any atom is 0.148 e. The lowest BCUT2D eigenvalue weighted by molar-refractivity contribution is 0.0870. The second kappa shape index (κ2) is 7.13. The molecule has 0 saturated carbocycles. The Bertz CT molecular complexity index is 367. The molecule has 0 spiro atoms. The van der Waals surface area contributed by atoms with Gasteiger partial charge in [0.25, 0.3) is 0 Å². The molecule has 0 fully saturated rings. The zero-order chi connectivity index (χ0) is 13.5. The van der Waals surface area contributed by atoms with Gasteiger partial charge in [-0.3, -0.25) is 0 Å². The van der Waals surface area contributed by atoms with Crippen LogP contribution in [0, 0.1) is 0 Å². The summed E-state index contributed by atoms with van der Waals surface area (Å²) in [6.07, 6.45) is 1.73. The number of aromatic nitrogens is 2. The lowest BCUT2D eigenvalue weighted by atomic mass is 10.0. The monoisotopic (exact) mass is 253 g/mol. The molecule has 0 aliphatic carbocycles. The van der Waals surface area contributed by atoms with Gasteiger partial charge in [0.05, 0.1) is 12.7 Å². The Labute approximate surface area is 108 Å². The van der Waals surface area contributed by atoms with E-state index < -0.39 is 0 Å². The second-order valence-electron chi connectivity index (χ2n) is 4.63. The van der Waals surface area contributed by atoms with E-state index in [4.69, 9.17) is 10.6 Å². The molecule has 6 heteroatoms. The van der Waals surface area contributed by atoms with Crippen molar-refractivity contribution in [3.8, 4) is 0 Å². The normalized spacial score (nSPS) is 11.1. The van der Waals surface area contributed by atoms with E-state index in [1.54, 1.807) is 0 Å². The van der Waals surface area contributed by atoms with Gasteiger partial charge in [-0.05, 0) is 19.8 Å². The Hall–Kier alpha value is -1.40. The number of ether oxygens (including phenoxy) is 1. The molecule has 0 bridgehead atoms. The fourth-order valence-corrected chi connectivity index (χ4v) is 1.66. The predicted octanol–water partition coefficient (Wildman–Crippen LogP) is 1.72. The maximum atomic E-state index is 5.47. The van der Waals surface area contributed by atoms with E-state index in [9.17, 15) is 0 Å². The van der Waals surface area contributed by atoms with E-state index in [0.717, 1.165) is 11.4 Å². The number of hydrazine groups is 1. The van der Waals surface area contributed by atoms with Crippen molar-refractivity contribution in [1.82, 2.24) is 9.97 Å². The second-order valence-corrected chi connectivity index (χ2v) is 4.63. The zero-order valence-corrected chi connectivity index (χ0v) is 11.5. The van der Waals surface area contributed by atoms with Crippen LogP contribution in [-0.2, 0) is 4.74 Å². The molecule has 18 heavy (non-hydrogen) atoms. The molecule has 1 heterocycles. The van der Waals surface area contributed by atoms with Crippen LogP contribution in [0.25, 0.3) is 0 Å². The fraction of sp³-hybridized carbons (Fsp3) is 0.667. The average Bonchev–Trinajstić information content (AvgIpc) is 2.33. The Morgan fingerprint density at radius 3 is 2.44 bits per heavy atom. The Balaban J connectivity index is 2.69. The summed E-state index contributed by atoms with van der Waals surface area (Å²) in [5.41, 5.74) is 3.59. The summed E-state index contributed by atoms with van der Waals surface area (Å²) in [6, 6.07) is 0. The summed E-state index contributed by atoms with van der Waals surface area (Å²) in [4.78, 5) is 8.37. The van der Waals surface area contributed by atoms with Crippen LogP contribution in [0.4, 0.5) is 11.6 Å². The standard InChI is InChI=1S/C12H23N5O/c1-8(2)10-11(14-5-6-18-9(3)4)15-7-16-12(10)17-13/h7-9H,5-6,13H2,1-4H3,(H2,14,15,16,17). The minimum atomic E-state index is 0.239. The van der Waals surface area contributed by atoms with E-state index >= 15 is 0 Å². The number of nitrogens with one attached hydrogen (secondary N) is 2. The summed E-state index contributed by atoms with van der Waals surface area (Å²) in [5.74, 6) is 7.21. The van der Waals surface area contributed by atoms with E-state index in [2.05, 4.69) is 34.6 Å². The third-order valence-electron chi connectivity index (χ3n) is 2.44. The zero-order valence-electron chi connectivity index (χ0n) is 11.5. The molecule has 1 aromatic heterocycles. The van der Waals surface area contributed by atoms with Crippen molar-refractivity contribution in [2.24, 2.45) is 5.84 Å². The highest BCUT2D eigenvalue weighted by atomic mass is 16.5. The first-order valence-corrected chi connectivity index (χ1v) is 6.23. The van der Waals surface area contributed by atoms with Crippen LogP contribution >= 0.6 is 0 Å². The van der Waals surface area contributed by atoms with Gasteiger partial charge < -0.3 is 15.5 Å². The number of nitrogen functional groups attached to an aromatic ring is 1. The highest BCUT2D eigenvalue weighted by Crippen LogP contribution is 2.27. The number of rotatable bonds is 7. The average molecular weight is 253 g/mol. The van der Waals surface area contributed by atoms with Crippen LogP contribution in [0.3, 0.4) is 0 Å². The number of hydrogen-bond acceptors (Lipinski definition) is 6. The molecular formula is C12H23N5O. The molecule has 0 unspecified atom stereocenters. The summed E-state index contributed by atoms with van der Waals surface area (Å²) < 4.78 is 5.47. The Kier molecular flexibility index (Phi) is 5.80. The van der Waals surface area contributed by atoms with Crippen molar-refractivity contribution >= 4 is 11.6 Å². The van der Waals surface area contributed by atoms with Crippen molar-refractivity contribution in [2.45, 2.75) is 39.7 Å². The molecule has 0 aliphatic rings. The highest BCUT2D eigenvalue weighted by molar-refractivity contribution is 5.58. The highest BCUT2D eigenvalue weighted by Gasteiger charge is 2.13. The number of hydrogen-bond donors (Lipinski definition) is 3. The molecule has 0 atom stereocenters. The Morgan fingerprint density at radius 2 is 1.89 bits per heavy atom. The first kappa shape index (κ1) is 14.7. The molecule has 0 radical (unpaired) electrons. The van der Waals surface area contributed by atoms with Crippen LogP contribution in [0.5, 0.6) is 0 Å². The van der Waals surface area contributed by atoms with E-state index in [1.807, 2.05) is 13.8 Å². The molecule has 6 nitrogen and oxygen atoms in total. The van der Waals surface area contributed by atoms with Crippen molar-refractivity contribution in [2.75, 3.05) is 23.9 Å². The molecule has 1 rings (SSSR count). The van der Waals surface area contributed by atoms with Crippen LogP contribution in [-0.4, -0.2) is 29.2 Å². The lowest BCUT2D eigenvalue weighted by Gasteiger charge is -2.16. The topological polar surface area (TPSA) is 85.1 Å². The van der Waals surface area contributed by atoms with E-state index in [-0.39, 0.29) is 12.0 Å². The smallest absolute Gasteiger partial charge is 0.148 e. The minimum Gasteiger partial charge on any atom is -0.377 e. The summed E-state index contributed by atoms with van der Waals surface area (Å²) in [5, 5.41) is 3.25. The molecular weight excluding hydrogens is 230 g/mol.